The number of nitrogens with zero attached hydrogens (tertiary/aromatic N) is 1. The molecule has 0 atom stereocenters. The van der Waals surface area contributed by atoms with Gasteiger partial charge in [-0.1, -0.05) is 6.07 Å². The van der Waals surface area contributed by atoms with E-state index in [2.05, 4.69) is 5.32 Å². The summed E-state index contributed by atoms with van der Waals surface area (Å²) in [5.41, 5.74) is -1.62. The number of carbonyl (C=O) groups is 1. The molecule has 2 rings (SSSR count). The highest BCUT2D eigenvalue weighted by Gasteiger charge is 2.30. The number of hydrogen-bond donors (Lipinski definition) is 1. The van der Waals surface area contributed by atoms with E-state index in [0.717, 1.165) is 42.1 Å². The normalized spacial score (nSPS) is 11.2. The molecule has 0 fully saturated rings. The van der Waals surface area contributed by atoms with E-state index in [1.165, 1.54) is 12.1 Å². The minimum atomic E-state index is -4.50. The van der Waals surface area contributed by atoms with Gasteiger partial charge < -0.3 is 5.32 Å². The summed E-state index contributed by atoms with van der Waals surface area (Å²) in [5, 5.41) is 12.8. The zero-order valence-electron chi connectivity index (χ0n) is 12.3. The Labute approximate surface area is 143 Å². The van der Waals surface area contributed by atoms with Gasteiger partial charge in [-0.05, 0) is 24.3 Å². The summed E-state index contributed by atoms with van der Waals surface area (Å²) in [6.45, 7) is 0. The van der Waals surface area contributed by atoms with Gasteiger partial charge in [0.1, 0.15) is 5.82 Å². The standard InChI is InChI=1S/C15H10F4N2O3S/c16-12-5-4-10(21(23)24)7-13(12)20-14(22)8-25-11-3-1-2-9(6-11)15(17,18)19/h1-7H,8H2,(H,20,22). The maximum atomic E-state index is 13.6. The van der Waals surface area contributed by atoms with Crippen LogP contribution in [0, 0.1) is 15.9 Å². The molecule has 2 aromatic rings. The van der Waals surface area contributed by atoms with E-state index in [4.69, 9.17) is 0 Å². The van der Waals surface area contributed by atoms with Crippen LogP contribution in [0.25, 0.3) is 0 Å². The number of rotatable bonds is 5. The Kier molecular flexibility index (Phi) is 5.62. The van der Waals surface area contributed by atoms with Gasteiger partial charge in [0.05, 0.1) is 21.9 Å². The van der Waals surface area contributed by atoms with Gasteiger partial charge in [-0.3, -0.25) is 14.9 Å². The smallest absolute Gasteiger partial charge is 0.323 e. The van der Waals surface area contributed by atoms with E-state index < -0.39 is 34.1 Å². The zero-order valence-corrected chi connectivity index (χ0v) is 13.2. The number of amides is 1. The Bertz CT molecular complexity index is 812. The number of benzene rings is 2. The molecule has 0 heterocycles. The van der Waals surface area contributed by atoms with Crippen molar-refractivity contribution in [3.05, 3.63) is 64.0 Å². The lowest BCUT2D eigenvalue weighted by atomic mass is 10.2. The molecule has 0 aliphatic heterocycles. The van der Waals surface area contributed by atoms with E-state index >= 15 is 0 Å². The van der Waals surface area contributed by atoms with Crippen LogP contribution in [0.4, 0.5) is 28.9 Å². The second-order valence-corrected chi connectivity index (χ2v) is 5.83. The van der Waals surface area contributed by atoms with Gasteiger partial charge in [0.2, 0.25) is 5.91 Å². The molecule has 0 unspecified atom stereocenters. The number of nitro groups is 1. The van der Waals surface area contributed by atoms with E-state index in [-0.39, 0.29) is 16.3 Å². The van der Waals surface area contributed by atoms with Crippen molar-refractivity contribution in [2.75, 3.05) is 11.1 Å². The van der Waals surface area contributed by atoms with Crippen LogP contribution in [0.5, 0.6) is 0 Å². The van der Waals surface area contributed by atoms with Crippen molar-refractivity contribution in [2.45, 2.75) is 11.1 Å². The lowest BCUT2D eigenvalue weighted by Gasteiger charge is -2.09. The molecule has 0 radical (unpaired) electrons. The average Bonchev–Trinajstić information content (AvgIpc) is 2.54. The third-order valence-electron chi connectivity index (χ3n) is 2.97. The van der Waals surface area contributed by atoms with Crippen molar-refractivity contribution in [2.24, 2.45) is 0 Å². The highest BCUT2D eigenvalue weighted by Crippen LogP contribution is 2.32. The minimum Gasteiger partial charge on any atom is -0.323 e. The largest absolute Gasteiger partial charge is 0.416 e. The first-order valence-corrected chi connectivity index (χ1v) is 7.69. The van der Waals surface area contributed by atoms with Crippen LogP contribution in [0.1, 0.15) is 5.56 Å². The number of nitrogens with one attached hydrogen (secondary N) is 1. The van der Waals surface area contributed by atoms with Crippen LogP contribution in [-0.4, -0.2) is 16.6 Å². The van der Waals surface area contributed by atoms with E-state index in [0.29, 0.717) is 0 Å². The molecule has 132 valence electrons. The second-order valence-electron chi connectivity index (χ2n) is 4.78. The summed E-state index contributed by atoms with van der Waals surface area (Å²) >= 11 is 0.826. The number of anilines is 1. The maximum Gasteiger partial charge on any atom is 0.416 e. The van der Waals surface area contributed by atoms with E-state index in [1.807, 2.05) is 0 Å². The molecule has 0 aliphatic rings. The molecule has 0 aromatic heterocycles. The van der Waals surface area contributed by atoms with Gasteiger partial charge in [-0.15, -0.1) is 11.8 Å². The number of non-ortho nitro benzene ring substituents is 1. The van der Waals surface area contributed by atoms with E-state index in [1.54, 1.807) is 0 Å². The van der Waals surface area contributed by atoms with Gasteiger partial charge in [-0.25, -0.2) is 4.39 Å². The van der Waals surface area contributed by atoms with Crippen molar-refractivity contribution < 1.29 is 27.3 Å². The summed E-state index contributed by atoms with van der Waals surface area (Å²) in [7, 11) is 0. The second kappa shape index (κ2) is 7.51. The van der Waals surface area contributed by atoms with Crippen molar-refractivity contribution in [3.63, 3.8) is 0 Å². The monoisotopic (exact) mass is 374 g/mol. The van der Waals surface area contributed by atoms with Crippen LogP contribution in [0.15, 0.2) is 47.4 Å². The Morgan fingerprint density at radius 3 is 2.56 bits per heavy atom. The minimum absolute atomic E-state index is 0.212. The average molecular weight is 374 g/mol. The highest BCUT2D eigenvalue weighted by atomic mass is 32.2. The Morgan fingerprint density at radius 2 is 1.92 bits per heavy atom. The fourth-order valence-corrected chi connectivity index (χ4v) is 2.58. The molecule has 25 heavy (non-hydrogen) atoms. The van der Waals surface area contributed by atoms with Crippen LogP contribution >= 0.6 is 11.8 Å². The Morgan fingerprint density at radius 1 is 1.20 bits per heavy atom. The quantitative estimate of drug-likeness (QED) is 0.362. The first-order chi connectivity index (χ1) is 11.7. The third-order valence-corrected chi connectivity index (χ3v) is 3.96. The van der Waals surface area contributed by atoms with Crippen LogP contribution in [-0.2, 0) is 11.0 Å². The summed E-state index contributed by atoms with van der Waals surface area (Å²) < 4.78 is 51.4. The van der Waals surface area contributed by atoms with Gasteiger partial charge in [0, 0.05) is 17.0 Å². The number of alkyl halides is 3. The molecule has 10 heteroatoms. The van der Waals surface area contributed by atoms with Crippen molar-refractivity contribution in [1.82, 2.24) is 0 Å². The van der Waals surface area contributed by atoms with Crippen molar-refractivity contribution in [1.29, 1.82) is 0 Å². The summed E-state index contributed by atoms with van der Waals surface area (Å²) in [4.78, 5) is 21.9. The van der Waals surface area contributed by atoms with Crippen molar-refractivity contribution >= 4 is 29.0 Å². The predicted octanol–water partition coefficient (Wildman–Crippen LogP) is 4.48. The van der Waals surface area contributed by atoms with Gasteiger partial charge in [0.25, 0.3) is 5.69 Å². The number of carbonyl (C=O) groups excluding carboxylic acids is 1. The summed E-state index contributed by atoms with van der Waals surface area (Å²) in [6, 6.07) is 7.07. The molecule has 0 saturated heterocycles. The van der Waals surface area contributed by atoms with Crippen molar-refractivity contribution in [3.8, 4) is 0 Å². The Balaban J connectivity index is 2.02. The van der Waals surface area contributed by atoms with Gasteiger partial charge in [-0.2, -0.15) is 13.2 Å². The molecule has 1 amide bonds. The zero-order chi connectivity index (χ0) is 18.6. The first-order valence-electron chi connectivity index (χ1n) is 6.70. The van der Waals surface area contributed by atoms with Gasteiger partial charge in [0.15, 0.2) is 0 Å². The first kappa shape index (κ1) is 18.7. The third kappa shape index (κ3) is 5.18. The summed E-state index contributed by atoms with van der Waals surface area (Å²) in [5.74, 6) is -1.85. The molecule has 0 saturated carbocycles. The molecule has 5 nitrogen and oxygen atoms in total. The molecule has 0 spiro atoms. The lowest BCUT2D eigenvalue weighted by Crippen LogP contribution is -2.15. The maximum absolute atomic E-state index is 13.6. The lowest BCUT2D eigenvalue weighted by molar-refractivity contribution is -0.384. The highest BCUT2D eigenvalue weighted by molar-refractivity contribution is 8.00. The van der Waals surface area contributed by atoms with Crippen LogP contribution in [0.3, 0.4) is 0 Å². The van der Waals surface area contributed by atoms with Crippen LogP contribution in [0.2, 0.25) is 0 Å². The number of nitro benzene ring substituents is 1. The molecule has 2 aromatic carbocycles. The van der Waals surface area contributed by atoms with E-state index in [9.17, 15) is 32.5 Å². The SMILES string of the molecule is O=C(CSc1cccc(C(F)(F)F)c1)Nc1cc([N+](=O)[O-])ccc1F. The fraction of sp³-hybridized carbons (Fsp3) is 0.133. The number of halogens is 4. The fourth-order valence-electron chi connectivity index (χ4n) is 1.82. The summed E-state index contributed by atoms with van der Waals surface area (Å²) in [6.07, 6.45) is -4.50. The van der Waals surface area contributed by atoms with Crippen LogP contribution < -0.4 is 5.32 Å². The molecular formula is C15H10F4N2O3S. The molecular weight excluding hydrogens is 364 g/mol. The molecule has 1 N–H and O–H groups in total. The number of hydrogen-bond acceptors (Lipinski definition) is 4. The predicted molar refractivity (Wildman–Crippen MR) is 83.9 cm³/mol. The Hall–Kier alpha value is -2.62. The topological polar surface area (TPSA) is 72.2 Å². The van der Waals surface area contributed by atoms with Gasteiger partial charge >= 0.3 is 6.18 Å². The molecule has 0 bridgehead atoms. The number of thioether (sulfide) groups is 1. The molecule has 0 aliphatic carbocycles.